The average molecular weight is 218 g/mol. The van der Waals surface area contributed by atoms with Gasteiger partial charge >= 0.3 is 18.1 Å². The van der Waals surface area contributed by atoms with E-state index in [0.717, 1.165) is 14.0 Å². The summed E-state index contributed by atoms with van der Waals surface area (Å²) < 4.78 is 63.3. The van der Waals surface area contributed by atoms with Crippen LogP contribution >= 0.6 is 0 Å². The van der Waals surface area contributed by atoms with Gasteiger partial charge in [0, 0.05) is 11.6 Å². The minimum Gasteiger partial charge on any atom is -0.466 e. The number of ether oxygens (including phenoxy) is 1. The summed E-state index contributed by atoms with van der Waals surface area (Å²) in [5.41, 5.74) is -0.796. The van der Waals surface area contributed by atoms with Crippen molar-refractivity contribution in [1.29, 1.82) is 0 Å². The van der Waals surface area contributed by atoms with Crippen molar-refractivity contribution in [1.82, 2.24) is 0 Å². The quantitative estimate of drug-likeness (QED) is 0.404. The Labute approximate surface area is 76.3 Å². The van der Waals surface area contributed by atoms with Gasteiger partial charge in [-0.15, -0.1) is 0 Å². The van der Waals surface area contributed by atoms with Crippen LogP contribution in [0.4, 0.5) is 22.0 Å². The minimum absolute atomic E-state index is 0.473. The maximum absolute atomic E-state index is 12.3. The van der Waals surface area contributed by atoms with Crippen molar-refractivity contribution >= 4 is 5.97 Å². The molecular formula is C7H7F5O2. The molecule has 0 aromatic carbocycles. The van der Waals surface area contributed by atoms with E-state index in [0.29, 0.717) is 0 Å². The largest absolute Gasteiger partial charge is 0.466 e. The molecule has 0 radical (unpaired) electrons. The molecular weight excluding hydrogens is 211 g/mol. The minimum atomic E-state index is -5.71. The Bertz CT molecular complexity index is 253. The van der Waals surface area contributed by atoms with E-state index in [9.17, 15) is 26.7 Å². The molecule has 0 unspecified atom stereocenters. The molecule has 2 nitrogen and oxygen atoms in total. The predicted molar refractivity (Wildman–Crippen MR) is 36.8 cm³/mol. The topological polar surface area (TPSA) is 26.3 Å². The lowest BCUT2D eigenvalue weighted by Gasteiger charge is -2.16. The summed E-state index contributed by atoms with van der Waals surface area (Å²) >= 11 is 0. The van der Waals surface area contributed by atoms with Gasteiger partial charge in [0.2, 0.25) is 0 Å². The van der Waals surface area contributed by atoms with Crippen molar-refractivity contribution < 1.29 is 31.5 Å². The zero-order valence-electron chi connectivity index (χ0n) is 7.28. The van der Waals surface area contributed by atoms with Crippen molar-refractivity contribution in [3.8, 4) is 0 Å². The van der Waals surface area contributed by atoms with Crippen LogP contribution in [0.2, 0.25) is 0 Å². The molecule has 0 spiro atoms. The van der Waals surface area contributed by atoms with Crippen LogP contribution < -0.4 is 0 Å². The number of halogens is 5. The van der Waals surface area contributed by atoms with Gasteiger partial charge in [-0.2, -0.15) is 22.0 Å². The van der Waals surface area contributed by atoms with Crippen molar-refractivity contribution in [2.45, 2.75) is 19.0 Å². The predicted octanol–water partition coefficient (Wildman–Crippen LogP) is 2.30. The van der Waals surface area contributed by atoms with Crippen LogP contribution in [0.15, 0.2) is 11.6 Å². The van der Waals surface area contributed by atoms with Crippen LogP contribution in [0.5, 0.6) is 0 Å². The number of hydrogen-bond acceptors (Lipinski definition) is 2. The van der Waals surface area contributed by atoms with Gasteiger partial charge in [0.25, 0.3) is 0 Å². The molecule has 0 aliphatic carbocycles. The lowest BCUT2D eigenvalue weighted by molar-refractivity contribution is -0.259. The van der Waals surface area contributed by atoms with Crippen LogP contribution in [0.1, 0.15) is 6.92 Å². The maximum atomic E-state index is 12.3. The molecule has 0 aromatic rings. The second-order valence-corrected chi connectivity index (χ2v) is 2.44. The third kappa shape index (κ3) is 2.97. The van der Waals surface area contributed by atoms with E-state index in [2.05, 4.69) is 4.74 Å². The van der Waals surface area contributed by atoms with Gasteiger partial charge < -0.3 is 4.74 Å². The highest BCUT2D eigenvalue weighted by Crippen LogP contribution is 2.37. The zero-order valence-corrected chi connectivity index (χ0v) is 7.28. The van der Waals surface area contributed by atoms with Crippen LogP contribution in [0, 0.1) is 0 Å². The number of carbonyl (C=O) groups is 1. The van der Waals surface area contributed by atoms with Crippen molar-refractivity contribution in [3.63, 3.8) is 0 Å². The summed E-state index contributed by atoms with van der Waals surface area (Å²) in [6.07, 6.45) is -6.18. The number of allylic oxidation sites excluding steroid dienone is 1. The van der Waals surface area contributed by atoms with Gasteiger partial charge in [0.1, 0.15) is 0 Å². The number of hydrogen-bond donors (Lipinski definition) is 0. The second-order valence-electron chi connectivity index (χ2n) is 2.44. The fraction of sp³-hybridized carbons (Fsp3) is 0.571. The van der Waals surface area contributed by atoms with E-state index < -0.39 is 29.7 Å². The van der Waals surface area contributed by atoms with Crippen molar-refractivity contribution in [3.05, 3.63) is 11.6 Å². The summed E-state index contributed by atoms with van der Waals surface area (Å²) in [5.74, 6) is -6.25. The lowest BCUT2D eigenvalue weighted by Crippen LogP contribution is -2.34. The molecule has 0 atom stereocenters. The average Bonchev–Trinajstić information content (AvgIpc) is 2.00. The van der Waals surface area contributed by atoms with Gasteiger partial charge in [-0.1, -0.05) is 0 Å². The number of esters is 1. The zero-order chi connectivity index (χ0) is 11.6. The molecule has 0 aliphatic heterocycles. The molecule has 0 rings (SSSR count). The molecule has 0 amide bonds. The molecule has 0 saturated heterocycles. The number of carbonyl (C=O) groups excluding carboxylic acids is 1. The normalized spacial score (nSPS) is 14.1. The molecule has 14 heavy (non-hydrogen) atoms. The second kappa shape index (κ2) is 3.93. The Kier molecular flexibility index (Phi) is 3.61. The molecule has 0 aromatic heterocycles. The van der Waals surface area contributed by atoms with Crippen molar-refractivity contribution in [2.75, 3.05) is 7.11 Å². The molecule has 0 saturated carbocycles. The molecule has 7 heteroatoms. The van der Waals surface area contributed by atoms with Gasteiger partial charge in [-0.3, -0.25) is 0 Å². The van der Waals surface area contributed by atoms with E-state index in [1.807, 2.05) is 0 Å². The Morgan fingerprint density at radius 3 is 1.93 bits per heavy atom. The summed E-state index contributed by atoms with van der Waals surface area (Å²) in [6.45, 7) is 0.811. The van der Waals surface area contributed by atoms with Gasteiger partial charge in [0.15, 0.2) is 0 Å². The van der Waals surface area contributed by atoms with E-state index in [-0.39, 0.29) is 0 Å². The summed E-state index contributed by atoms with van der Waals surface area (Å²) in [5, 5.41) is 0. The Morgan fingerprint density at radius 2 is 1.64 bits per heavy atom. The number of alkyl halides is 5. The summed E-state index contributed by atoms with van der Waals surface area (Å²) in [4.78, 5) is 10.5. The van der Waals surface area contributed by atoms with E-state index in [1.165, 1.54) is 0 Å². The Morgan fingerprint density at radius 1 is 1.21 bits per heavy atom. The first-order valence-corrected chi connectivity index (χ1v) is 3.34. The van der Waals surface area contributed by atoms with Gasteiger partial charge in [0.05, 0.1) is 7.11 Å². The SMILES string of the molecule is COC(=O)/C(C)=C/C(F)(F)C(F)(F)F. The third-order valence-electron chi connectivity index (χ3n) is 1.28. The van der Waals surface area contributed by atoms with E-state index in [1.54, 1.807) is 0 Å². The lowest BCUT2D eigenvalue weighted by atomic mass is 10.2. The highest BCUT2D eigenvalue weighted by Gasteiger charge is 2.56. The first-order valence-electron chi connectivity index (χ1n) is 3.34. The first kappa shape index (κ1) is 12.9. The fourth-order valence-corrected chi connectivity index (χ4v) is 0.574. The van der Waals surface area contributed by atoms with E-state index in [4.69, 9.17) is 0 Å². The molecule has 0 bridgehead atoms. The maximum Gasteiger partial charge on any atom is 0.457 e. The monoisotopic (exact) mass is 218 g/mol. The Balaban J connectivity index is 4.89. The number of rotatable bonds is 2. The van der Waals surface area contributed by atoms with Crippen LogP contribution in [-0.2, 0) is 9.53 Å². The fourth-order valence-electron chi connectivity index (χ4n) is 0.574. The van der Waals surface area contributed by atoms with Gasteiger partial charge in [-0.05, 0) is 6.92 Å². The highest BCUT2D eigenvalue weighted by atomic mass is 19.4. The van der Waals surface area contributed by atoms with Crippen LogP contribution in [-0.4, -0.2) is 25.2 Å². The first-order chi connectivity index (χ1) is 6.12. The Hall–Kier alpha value is -1.14. The van der Waals surface area contributed by atoms with Crippen molar-refractivity contribution in [2.24, 2.45) is 0 Å². The van der Waals surface area contributed by atoms with Crippen LogP contribution in [0.3, 0.4) is 0 Å². The van der Waals surface area contributed by atoms with Gasteiger partial charge in [-0.25, -0.2) is 4.79 Å². The molecule has 0 N–H and O–H groups in total. The highest BCUT2D eigenvalue weighted by molar-refractivity contribution is 5.87. The van der Waals surface area contributed by atoms with E-state index >= 15 is 0 Å². The molecule has 0 fully saturated rings. The van der Waals surface area contributed by atoms with Crippen LogP contribution in [0.25, 0.3) is 0 Å². The standard InChI is InChI=1S/C7H7F5O2/c1-4(5(13)14-2)3-6(8,9)7(10,11)12/h3H,1-2H3/b4-3+. The summed E-state index contributed by atoms with van der Waals surface area (Å²) in [6, 6.07) is 0. The third-order valence-corrected chi connectivity index (χ3v) is 1.28. The smallest absolute Gasteiger partial charge is 0.457 e. The molecule has 0 heterocycles. The molecule has 0 aliphatic rings. The summed E-state index contributed by atoms with van der Waals surface area (Å²) in [7, 11) is 0.880. The number of methoxy groups -OCH3 is 1. The molecule has 82 valence electrons.